The molecule has 4 rings (SSSR count). The van der Waals surface area contributed by atoms with Crippen molar-refractivity contribution in [3.63, 3.8) is 0 Å². The van der Waals surface area contributed by atoms with Gasteiger partial charge in [0, 0.05) is 46.3 Å². The number of amides is 4. The fraction of sp³-hybridized carbons (Fsp3) is 0.615. The van der Waals surface area contributed by atoms with E-state index in [1.807, 2.05) is 7.05 Å². The number of fused-ring (bicyclic) bond motifs is 1. The van der Waals surface area contributed by atoms with Crippen molar-refractivity contribution in [1.29, 1.82) is 0 Å². The number of carbonyl (C=O) groups excluding carboxylic acids is 3. The Morgan fingerprint density at radius 3 is 2.66 bits per heavy atom. The van der Waals surface area contributed by atoms with Crippen molar-refractivity contribution in [2.24, 2.45) is 0 Å². The molecule has 0 aromatic heterocycles. The molecule has 12 heteroatoms. The number of carbonyl (C=O) groups is 4. The molecule has 1 unspecified atom stereocenters. The average Bonchev–Trinajstić information content (AvgIpc) is 3.15. The lowest BCUT2D eigenvalue weighted by molar-refractivity contribution is -0.158. The van der Waals surface area contributed by atoms with Gasteiger partial charge in [-0.15, -0.1) is 0 Å². The molecule has 1 aromatic rings. The van der Waals surface area contributed by atoms with Gasteiger partial charge in [0.05, 0.1) is 6.04 Å². The van der Waals surface area contributed by atoms with E-state index in [2.05, 4.69) is 29.9 Å². The standard InChI is InChI=1S/C26H38N4O7Si/c1-28-10-9-20(27-26(34)35)22(15-28)37-18-5-6-19-17(13-18)14-29(24(19)32)21-7-8-23(31)30(25(21)33)16-36-11-12-38(2,3)4/h5-6,13,20-22,27H,7-12,14-16H2,1-4H3,(H,34,35)/t20-,21?,22-/m1/s1. The van der Waals surface area contributed by atoms with Gasteiger partial charge in [-0.1, -0.05) is 19.6 Å². The molecule has 1 aromatic carbocycles. The molecule has 4 amide bonds. The Balaban J connectivity index is 1.42. The molecule has 3 atom stereocenters. The second-order valence-electron chi connectivity index (χ2n) is 11.6. The van der Waals surface area contributed by atoms with Crippen molar-refractivity contribution in [3.05, 3.63) is 29.3 Å². The number of rotatable bonds is 9. The van der Waals surface area contributed by atoms with Crippen molar-refractivity contribution >= 4 is 31.9 Å². The largest absolute Gasteiger partial charge is 0.487 e. The van der Waals surface area contributed by atoms with E-state index in [0.717, 1.165) is 23.1 Å². The molecule has 0 saturated carbocycles. The highest BCUT2D eigenvalue weighted by atomic mass is 28.3. The molecule has 2 N–H and O–H groups in total. The van der Waals surface area contributed by atoms with E-state index in [-0.39, 0.29) is 50.1 Å². The fourth-order valence-electron chi connectivity index (χ4n) is 5.11. The summed E-state index contributed by atoms with van der Waals surface area (Å²) in [6, 6.07) is 5.04. The first-order valence-electron chi connectivity index (χ1n) is 13.1. The zero-order valence-corrected chi connectivity index (χ0v) is 23.6. The Hall–Kier alpha value is -2.96. The van der Waals surface area contributed by atoms with Crippen LogP contribution in [0.25, 0.3) is 0 Å². The number of likely N-dealkylation sites (tertiary alicyclic amines) is 2. The summed E-state index contributed by atoms with van der Waals surface area (Å²) in [5, 5.41) is 11.7. The summed E-state index contributed by atoms with van der Waals surface area (Å²) < 4.78 is 11.9. The van der Waals surface area contributed by atoms with Gasteiger partial charge in [0.2, 0.25) is 5.91 Å². The van der Waals surface area contributed by atoms with Gasteiger partial charge in [-0.3, -0.25) is 19.3 Å². The predicted octanol–water partition coefficient (Wildman–Crippen LogP) is 2.19. The maximum atomic E-state index is 13.3. The van der Waals surface area contributed by atoms with E-state index >= 15 is 0 Å². The molecule has 0 aliphatic carbocycles. The number of carboxylic acid groups (broad SMARTS) is 1. The average molecular weight is 547 g/mol. The first kappa shape index (κ1) is 28.1. The number of benzene rings is 1. The Morgan fingerprint density at radius 2 is 1.95 bits per heavy atom. The number of nitrogens with zero attached hydrogens (tertiary/aromatic N) is 3. The Labute approximate surface area is 224 Å². The summed E-state index contributed by atoms with van der Waals surface area (Å²) in [5.74, 6) is -0.388. The lowest BCUT2D eigenvalue weighted by Gasteiger charge is -2.36. The Morgan fingerprint density at radius 1 is 1.18 bits per heavy atom. The highest BCUT2D eigenvalue weighted by Gasteiger charge is 2.43. The molecule has 208 valence electrons. The van der Waals surface area contributed by atoms with Gasteiger partial charge in [0.1, 0.15) is 24.6 Å². The van der Waals surface area contributed by atoms with E-state index < -0.39 is 26.1 Å². The molecule has 38 heavy (non-hydrogen) atoms. The lowest BCUT2D eigenvalue weighted by Crippen LogP contribution is -2.55. The van der Waals surface area contributed by atoms with Gasteiger partial charge >= 0.3 is 6.09 Å². The van der Waals surface area contributed by atoms with Crippen LogP contribution in [0.5, 0.6) is 5.75 Å². The van der Waals surface area contributed by atoms with Crippen LogP contribution in [-0.4, -0.2) is 103 Å². The van der Waals surface area contributed by atoms with E-state index in [1.165, 1.54) is 4.90 Å². The molecule has 11 nitrogen and oxygen atoms in total. The molecular formula is C26H38N4O7Si. The minimum Gasteiger partial charge on any atom is -0.487 e. The van der Waals surface area contributed by atoms with E-state index in [1.54, 1.807) is 18.2 Å². The predicted molar refractivity (Wildman–Crippen MR) is 142 cm³/mol. The maximum absolute atomic E-state index is 13.3. The highest BCUT2D eigenvalue weighted by molar-refractivity contribution is 6.76. The van der Waals surface area contributed by atoms with Crippen molar-refractivity contribution < 1.29 is 33.8 Å². The van der Waals surface area contributed by atoms with Crippen molar-refractivity contribution in [1.82, 2.24) is 20.0 Å². The number of hydrogen-bond donors (Lipinski definition) is 2. The van der Waals surface area contributed by atoms with Crippen LogP contribution >= 0.6 is 0 Å². The second kappa shape index (κ2) is 11.4. The van der Waals surface area contributed by atoms with Gasteiger partial charge in [0.15, 0.2) is 0 Å². The van der Waals surface area contributed by atoms with E-state index in [9.17, 15) is 24.3 Å². The SMILES string of the molecule is CN1CC[C@@H](NC(=O)O)[C@H](Oc2ccc3c(c2)CN(C2CCC(=O)N(COCC[Si](C)(C)C)C2=O)C3=O)C1. The van der Waals surface area contributed by atoms with Crippen LogP contribution in [0.2, 0.25) is 25.7 Å². The van der Waals surface area contributed by atoms with Crippen LogP contribution in [0, 0.1) is 0 Å². The minimum atomic E-state index is -1.30. The summed E-state index contributed by atoms with van der Waals surface area (Å²) in [6.45, 7) is 8.66. The highest BCUT2D eigenvalue weighted by Crippen LogP contribution is 2.32. The third-order valence-corrected chi connectivity index (χ3v) is 9.05. The maximum Gasteiger partial charge on any atom is 0.405 e. The summed E-state index contributed by atoms with van der Waals surface area (Å²) in [4.78, 5) is 54.9. The first-order chi connectivity index (χ1) is 17.9. The van der Waals surface area contributed by atoms with Gasteiger partial charge < -0.3 is 29.7 Å². The number of hydrogen-bond acceptors (Lipinski definition) is 7. The van der Waals surface area contributed by atoms with Crippen LogP contribution < -0.4 is 10.1 Å². The number of piperidine rings is 2. The molecule has 0 bridgehead atoms. The first-order valence-corrected chi connectivity index (χ1v) is 16.8. The van der Waals surface area contributed by atoms with Crippen LogP contribution in [0.15, 0.2) is 18.2 Å². The molecule has 2 saturated heterocycles. The zero-order valence-electron chi connectivity index (χ0n) is 22.6. The van der Waals surface area contributed by atoms with Crippen molar-refractivity contribution in [3.8, 4) is 5.75 Å². The van der Waals surface area contributed by atoms with Crippen LogP contribution in [0.3, 0.4) is 0 Å². The molecule has 3 aliphatic heterocycles. The third-order valence-electron chi connectivity index (χ3n) is 7.34. The normalized spacial score (nSPS) is 24.5. The number of ether oxygens (including phenoxy) is 2. The Bertz CT molecular complexity index is 1090. The summed E-state index contributed by atoms with van der Waals surface area (Å²) in [5.41, 5.74) is 1.24. The van der Waals surface area contributed by atoms with Crippen LogP contribution in [0.4, 0.5) is 4.79 Å². The summed E-state index contributed by atoms with van der Waals surface area (Å²) >= 11 is 0. The molecule has 3 aliphatic rings. The summed E-state index contributed by atoms with van der Waals surface area (Å²) in [7, 11) is 0.657. The quantitative estimate of drug-likeness (QED) is 0.274. The van der Waals surface area contributed by atoms with E-state index in [4.69, 9.17) is 9.47 Å². The monoisotopic (exact) mass is 546 g/mol. The smallest absolute Gasteiger partial charge is 0.405 e. The van der Waals surface area contributed by atoms with E-state index in [0.29, 0.717) is 30.9 Å². The zero-order chi connectivity index (χ0) is 27.6. The van der Waals surface area contributed by atoms with Crippen molar-refractivity contribution in [2.75, 3.05) is 33.5 Å². The second-order valence-corrected chi connectivity index (χ2v) is 17.2. The van der Waals surface area contributed by atoms with Gasteiger partial charge in [-0.2, -0.15) is 0 Å². The number of likely N-dealkylation sites (N-methyl/N-ethyl adjacent to an activating group) is 1. The molecule has 0 spiro atoms. The number of imide groups is 1. The van der Waals surface area contributed by atoms with Crippen LogP contribution in [-0.2, 0) is 20.9 Å². The molecule has 2 fully saturated rings. The molecule has 3 heterocycles. The molecular weight excluding hydrogens is 508 g/mol. The fourth-order valence-corrected chi connectivity index (χ4v) is 5.87. The Kier molecular flexibility index (Phi) is 8.43. The van der Waals surface area contributed by atoms with Gasteiger partial charge in [0.25, 0.3) is 11.8 Å². The van der Waals surface area contributed by atoms with Gasteiger partial charge in [-0.05, 0) is 49.7 Å². The topological polar surface area (TPSA) is 129 Å². The molecule has 0 radical (unpaired) electrons. The number of nitrogens with one attached hydrogen (secondary N) is 1. The third kappa shape index (κ3) is 6.53. The lowest BCUT2D eigenvalue weighted by atomic mass is 10.0. The summed E-state index contributed by atoms with van der Waals surface area (Å²) in [6.07, 6.45) is -0.379. The van der Waals surface area contributed by atoms with Crippen LogP contribution in [0.1, 0.15) is 35.2 Å². The minimum absolute atomic E-state index is 0.0903. The van der Waals surface area contributed by atoms with Crippen molar-refractivity contribution in [2.45, 2.75) is 69.7 Å². The van der Waals surface area contributed by atoms with Gasteiger partial charge in [-0.25, -0.2) is 4.79 Å².